The molecule has 108 valence electrons. The zero-order chi connectivity index (χ0) is 14.8. The second-order valence-electron chi connectivity index (χ2n) is 4.44. The average Bonchev–Trinajstić information content (AvgIpc) is 2.50. The molecule has 0 aliphatic carbocycles. The number of anilines is 1. The lowest BCUT2D eigenvalue weighted by molar-refractivity contribution is 0.102. The summed E-state index contributed by atoms with van der Waals surface area (Å²) in [5.41, 5.74) is 0.376. The number of hydrogen-bond acceptors (Lipinski definition) is 3. The van der Waals surface area contributed by atoms with Crippen LogP contribution < -0.4 is 14.8 Å². The van der Waals surface area contributed by atoms with E-state index < -0.39 is 11.7 Å². The van der Waals surface area contributed by atoms with E-state index in [1.165, 1.54) is 18.2 Å². The van der Waals surface area contributed by atoms with Crippen molar-refractivity contribution in [1.82, 2.24) is 0 Å². The first-order chi connectivity index (χ1) is 10.1. The van der Waals surface area contributed by atoms with Gasteiger partial charge >= 0.3 is 0 Å². The summed E-state index contributed by atoms with van der Waals surface area (Å²) in [5, 5.41) is 2.82. The first-order valence-electron chi connectivity index (χ1n) is 6.29. The molecule has 0 saturated carbocycles. The maximum absolute atomic E-state index is 13.6. The average molecular weight is 308 g/mol. The Balaban J connectivity index is 1.83. The molecule has 2 aromatic rings. The van der Waals surface area contributed by atoms with Gasteiger partial charge in [0, 0.05) is 10.6 Å². The lowest BCUT2D eigenvalue weighted by atomic mass is 10.1. The molecule has 1 aliphatic rings. The largest absolute Gasteiger partial charge is 0.486 e. The summed E-state index contributed by atoms with van der Waals surface area (Å²) in [4.78, 5) is 12.1. The van der Waals surface area contributed by atoms with Gasteiger partial charge in [0.1, 0.15) is 19.0 Å². The van der Waals surface area contributed by atoms with Gasteiger partial charge in [0.05, 0.1) is 5.69 Å². The third kappa shape index (κ3) is 2.92. The van der Waals surface area contributed by atoms with Gasteiger partial charge in [-0.3, -0.25) is 4.79 Å². The molecule has 4 nitrogen and oxygen atoms in total. The molecule has 0 atom stereocenters. The molecule has 0 saturated heterocycles. The number of nitrogens with one attached hydrogen (secondary N) is 1. The van der Waals surface area contributed by atoms with Crippen molar-refractivity contribution in [2.24, 2.45) is 0 Å². The van der Waals surface area contributed by atoms with Gasteiger partial charge in [-0.05, 0) is 36.4 Å². The summed E-state index contributed by atoms with van der Waals surface area (Å²) >= 11 is 5.79. The van der Waals surface area contributed by atoms with Crippen molar-refractivity contribution in [3.63, 3.8) is 0 Å². The summed E-state index contributed by atoms with van der Waals surface area (Å²) < 4.78 is 24.4. The molecule has 1 heterocycles. The van der Waals surface area contributed by atoms with Crippen molar-refractivity contribution in [3.8, 4) is 11.5 Å². The number of amides is 1. The monoisotopic (exact) mass is 307 g/mol. The molecule has 0 radical (unpaired) electrons. The minimum atomic E-state index is -0.551. The second kappa shape index (κ2) is 5.61. The Morgan fingerprint density at radius 2 is 1.86 bits per heavy atom. The first kappa shape index (κ1) is 13.7. The highest BCUT2D eigenvalue weighted by molar-refractivity contribution is 6.31. The minimum absolute atomic E-state index is 0.0300. The van der Waals surface area contributed by atoms with Gasteiger partial charge in [-0.2, -0.15) is 0 Å². The van der Waals surface area contributed by atoms with Crippen molar-refractivity contribution in [3.05, 3.63) is 52.8 Å². The fourth-order valence-corrected chi connectivity index (χ4v) is 2.14. The fourth-order valence-electron chi connectivity index (χ4n) is 1.97. The van der Waals surface area contributed by atoms with Crippen molar-refractivity contribution < 1.29 is 18.7 Å². The van der Waals surface area contributed by atoms with Crippen LogP contribution in [0.15, 0.2) is 36.4 Å². The molecule has 6 heteroatoms. The molecule has 3 rings (SSSR count). The molecule has 0 fully saturated rings. The number of hydrogen-bond donors (Lipinski definition) is 1. The smallest absolute Gasteiger partial charge is 0.255 e. The van der Waals surface area contributed by atoms with Gasteiger partial charge < -0.3 is 14.8 Å². The van der Waals surface area contributed by atoms with Crippen LogP contribution in [0, 0.1) is 5.82 Å². The zero-order valence-corrected chi connectivity index (χ0v) is 11.6. The van der Waals surface area contributed by atoms with Crippen LogP contribution in [0.1, 0.15) is 10.4 Å². The van der Waals surface area contributed by atoms with Crippen molar-refractivity contribution in [1.29, 1.82) is 0 Å². The van der Waals surface area contributed by atoms with Gasteiger partial charge in [-0.25, -0.2) is 4.39 Å². The highest BCUT2D eigenvalue weighted by Gasteiger charge is 2.16. The van der Waals surface area contributed by atoms with Gasteiger partial charge in [-0.15, -0.1) is 0 Å². The van der Waals surface area contributed by atoms with Gasteiger partial charge in [0.25, 0.3) is 5.91 Å². The Kier molecular flexibility index (Phi) is 3.66. The van der Waals surface area contributed by atoms with E-state index in [1.807, 2.05) is 0 Å². The van der Waals surface area contributed by atoms with Crippen LogP contribution in [0.25, 0.3) is 0 Å². The molecule has 0 spiro atoms. The lowest BCUT2D eigenvalue weighted by Crippen LogP contribution is -2.17. The van der Waals surface area contributed by atoms with E-state index >= 15 is 0 Å². The summed E-state index contributed by atoms with van der Waals surface area (Å²) in [6, 6.07) is 8.76. The predicted octanol–water partition coefficient (Wildman–Crippen LogP) is 3.50. The van der Waals surface area contributed by atoms with Crippen LogP contribution in [0.4, 0.5) is 10.1 Å². The molecular formula is C15H11ClFNO3. The van der Waals surface area contributed by atoms with Crippen LogP contribution >= 0.6 is 11.6 Å². The molecule has 21 heavy (non-hydrogen) atoms. The normalized spacial score (nSPS) is 12.9. The van der Waals surface area contributed by atoms with Gasteiger partial charge in [0.2, 0.25) is 0 Å². The third-order valence-electron chi connectivity index (χ3n) is 2.98. The Morgan fingerprint density at radius 1 is 1.10 bits per heavy atom. The summed E-state index contributed by atoms with van der Waals surface area (Å²) in [5.74, 6) is 0.0886. The number of rotatable bonds is 2. The number of halogens is 2. The van der Waals surface area contributed by atoms with Gasteiger partial charge in [-0.1, -0.05) is 11.6 Å². The zero-order valence-electron chi connectivity index (χ0n) is 10.9. The minimum Gasteiger partial charge on any atom is -0.486 e. The number of benzene rings is 2. The Hall–Kier alpha value is -2.27. The third-order valence-corrected chi connectivity index (χ3v) is 3.22. The molecular weight excluding hydrogens is 297 g/mol. The maximum Gasteiger partial charge on any atom is 0.255 e. The van der Waals surface area contributed by atoms with Crippen LogP contribution in [-0.2, 0) is 0 Å². The molecule has 2 aromatic carbocycles. The second-order valence-corrected chi connectivity index (χ2v) is 4.87. The molecule has 1 amide bonds. The van der Waals surface area contributed by atoms with E-state index in [0.29, 0.717) is 35.3 Å². The fraction of sp³-hybridized carbons (Fsp3) is 0.133. The van der Waals surface area contributed by atoms with Crippen molar-refractivity contribution in [2.45, 2.75) is 0 Å². The van der Waals surface area contributed by atoms with Crippen molar-refractivity contribution >= 4 is 23.2 Å². The molecule has 1 aliphatic heterocycles. The SMILES string of the molecule is O=C(Nc1cc(Cl)ccc1F)c1ccc2c(c1)OCCO2. The highest BCUT2D eigenvalue weighted by atomic mass is 35.5. The van der Waals surface area contributed by atoms with E-state index in [-0.39, 0.29) is 5.69 Å². The summed E-state index contributed by atoms with van der Waals surface area (Å²) in [6.07, 6.45) is 0. The Labute approximate surface area is 125 Å². The van der Waals surface area contributed by atoms with E-state index in [2.05, 4.69) is 5.32 Å². The number of carbonyl (C=O) groups excluding carboxylic acids is 1. The van der Waals surface area contributed by atoms with E-state index in [4.69, 9.17) is 21.1 Å². The van der Waals surface area contributed by atoms with Crippen LogP contribution in [0.2, 0.25) is 5.02 Å². The topological polar surface area (TPSA) is 47.6 Å². The molecule has 0 unspecified atom stereocenters. The maximum atomic E-state index is 13.6. The number of carbonyl (C=O) groups is 1. The standard InChI is InChI=1S/C15H11ClFNO3/c16-10-2-3-11(17)12(8-10)18-15(19)9-1-4-13-14(7-9)21-6-5-20-13/h1-4,7-8H,5-6H2,(H,18,19). The van der Waals surface area contributed by atoms with E-state index in [1.54, 1.807) is 18.2 Å². The van der Waals surface area contributed by atoms with Gasteiger partial charge in [0.15, 0.2) is 11.5 Å². The lowest BCUT2D eigenvalue weighted by Gasteiger charge is -2.18. The van der Waals surface area contributed by atoms with E-state index in [9.17, 15) is 9.18 Å². The summed E-state index contributed by atoms with van der Waals surface area (Å²) in [7, 11) is 0. The Bertz CT molecular complexity index is 705. The van der Waals surface area contributed by atoms with Crippen LogP contribution in [-0.4, -0.2) is 19.1 Å². The molecule has 0 aromatic heterocycles. The summed E-state index contributed by atoms with van der Waals surface area (Å²) in [6.45, 7) is 0.910. The predicted molar refractivity (Wildman–Crippen MR) is 76.8 cm³/mol. The number of fused-ring (bicyclic) bond motifs is 1. The Morgan fingerprint density at radius 3 is 2.67 bits per heavy atom. The first-order valence-corrected chi connectivity index (χ1v) is 6.67. The molecule has 1 N–H and O–H groups in total. The van der Waals surface area contributed by atoms with Crippen LogP contribution in [0.5, 0.6) is 11.5 Å². The molecule has 0 bridgehead atoms. The quantitative estimate of drug-likeness (QED) is 0.923. The number of ether oxygens (including phenoxy) is 2. The van der Waals surface area contributed by atoms with Crippen LogP contribution in [0.3, 0.4) is 0 Å². The highest BCUT2D eigenvalue weighted by Crippen LogP contribution is 2.31. The van der Waals surface area contributed by atoms with Crippen molar-refractivity contribution in [2.75, 3.05) is 18.5 Å². The van der Waals surface area contributed by atoms with E-state index in [0.717, 1.165) is 0 Å².